The van der Waals surface area contributed by atoms with Crippen LogP contribution in [0.1, 0.15) is 41.1 Å². The fraction of sp³-hybridized carbons (Fsp3) is 0.241. The summed E-state index contributed by atoms with van der Waals surface area (Å²) in [7, 11) is 0. The van der Waals surface area contributed by atoms with E-state index < -0.39 is 0 Å². The number of hydrogen-bond donors (Lipinski definition) is 2. The van der Waals surface area contributed by atoms with Gasteiger partial charge in [0.05, 0.1) is 17.8 Å². The van der Waals surface area contributed by atoms with Crippen LogP contribution in [0, 0.1) is 19.7 Å². The van der Waals surface area contributed by atoms with E-state index in [0.717, 1.165) is 53.1 Å². The van der Waals surface area contributed by atoms with E-state index in [2.05, 4.69) is 57.1 Å². The van der Waals surface area contributed by atoms with Gasteiger partial charge in [-0.2, -0.15) is 0 Å². The molecule has 1 aliphatic rings. The number of thiocarbonyl (C=S) groups is 1. The van der Waals surface area contributed by atoms with Crippen LogP contribution < -0.4 is 10.6 Å². The van der Waals surface area contributed by atoms with Crippen molar-refractivity contribution in [2.75, 3.05) is 18.4 Å². The molecule has 0 aliphatic carbocycles. The predicted molar refractivity (Wildman–Crippen MR) is 147 cm³/mol. The Morgan fingerprint density at radius 3 is 2.47 bits per heavy atom. The summed E-state index contributed by atoms with van der Waals surface area (Å²) in [4.78, 5) is 6.95. The van der Waals surface area contributed by atoms with Crippen molar-refractivity contribution in [3.63, 3.8) is 0 Å². The first kappa shape index (κ1) is 24.0. The van der Waals surface area contributed by atoms with E-state index in [9.17, 15) is 4.39 Å². The number of benzene rings is 2. The minimum absolute atomic E-state index is 0.00970. The molecule has 2 aromatic carbocycles. The molecule has 2 atom stereocenters. The maximum Gasteiger partial charge on any atom is 0.170 e. The van der Waals surface area contributed by atoms with Gasteiger partial charge in [-0.05, 0) is 92.6 Å². The maximum absolute atomic E-state index is 13.6. The van der Waals surface area contributed by atoms with Crippen molar-refractivity contribution in [3.05, 3.63) is 114 Å². The molecule has 2 N–H and O–H groups in total. The SMILES string of the molecule is Cc1cc([C@H]2[C@@H](c3ccccn3)NC(=S)N2CCCNc2ccccc2)c(C)n1-c1ccc(F)cc1. The number of nitrogens with one attached hydrogen (secondary N) is 2. The number of hydrogen-bond acceptors (Lipinski definition) is 3. The van der Waals surface area contributed by atoms with Crippen LogP contribution in [0.2, 0.25) is 0 Å². The molecule has 1 saturated heterocycles. The Labute approximate surface area is 217 Å². The Morgan fingerprint density at radius 1 is 1.00 bits per heavy atom. The van der Waals surface area contributed by atoms with Crippen molar-refractivity contribution in [1.29, 1.82) is 0 Å². The lowest BCUT2D eigenvalue weighted by Crippen LogP contribution is -2.31. The molecule has 0 bridgehead atoms. The average molecular weight is 500 g/mol. The Hall–Kier alpha value is -3.71. The van der Waals surface area contributed by atoms with Gasteiger partial charge in [-0.3, -0.25) is 4.98 Å². The zero-order chi connectivity index (χ0) is 25.1. The second kappa shape index (κ2) is 10.5. The highest BCUT2D eigenvalue weighted by atomic mass is 32.1. The number of para-hydroxylation sites is 1. The van der Waals surface area contributed by atoms with Crippen LogP contribution in [-0.4, -0.2) is 32.7 Å². The zero-order valence-electron chi connectivity index (χ0n) is 20.5. The summed E-state index contributed by atoms with van der Waals surface area (Å²) in [6.07, 6.45) is 2.75. The highest BCUT2D eigenvalue weighted by Gasteiger charge is 2.41. The van der Waals surface area contributed by atoms with Gasteiger partial charge in [-0.1, -0.05) is 24.3 Å². The van der Waals surface area contributed by atoms with Gasteiger partial charge in [0, 0.05) is 42.0 Å². The topological polar surface area (TPSA) is 45.1 Å². The van der Waals surface area contributed by atoms with Gasteiger partial charge in [0.15, 0.2) is 5.11 Å². The van der Waals surface area contributed by atoms with Crippen molar-refractivity contribution >= 4 is 23.0 Å². The number of nitrogens with zero attached hydrogens (tertiary/aromatic N) is 3. The first-order valence-electron chi connectivity index (χ1n) is 12.2. The lowest BCUT2D eigenvalue weighted by molar-refractivity contribution is 0.315. The second-order valence-corrected chi connectivity index (χ2v) is 9.49. The van der Waals surface area contributed by atoms with Crippen LogP contribution in [0.4, 0.5) is 10.1 Å². The molecule has 5 nitrogen and oxygen atoms in total. The molecule has 7 heteroatoms. The Morgan fingerprint density at radius 2 is 1.75 bits per heavy atom. The molecular formula is C29H30FN5S. The van der Waals surface area contributed by atoms with E-state index in [1.807, 2.05) is 54.7 Å². The van der Waals surface area contributed by atoms with Gasteiger partial charge in [-0.25, -0.2) is 4.39 Å². The number of halogens is 1. The molecule has 36 heavy (non-hydrogen) atoms. The maximum atomic E-state index is 13.6. The minimum atomic E-state index is -0.239. The standard InChI is InChI=1S/C29H30FN5S/c1-20-19-25(21(2)35(20)24-14-12-22(30)13-15-24)28-27(26-11-6-7-16-32-26)33-29(36)34(28)18-8-17-31-23-9-4-3-5-10-23/h3-7,9-16,19,27-28,31H,8,17-18H2,1-2H3,(H,33,36)/t27-,28+/m1/s1. The molecule has 0 unspecified atom stereocenters. The van der Waals surface area contributed by atoms with Crippen molar-refractivity contribution in [3.8, 4) is 5.69 Å². The molecule has 0 radical (unpaired) electrons. The minimum Gasteiger partial charge on any atom is -0.385 e. The lowest BCUT2D eigenvalue weighted by Gasteiger charge is -2.28. The second-order valence-electron chi connectivity index (χ2n) is 9.10. The van der Waals surface area contributed by atoms with E-state index >= 15 is 0 Å². The highest BCUT2D eigenvalue weighted by Crippen LogP contribution is 2.41. The molecule has 0 spiro atoms. The normalized spacial score (nSPS) is 17.3. The van der Waals surface area contributed by atoms with E-state index in [1.165, 1.54) is 17.7 Å². The quantitative estimate of drug-likeness (QED) is 0.226. The Kier molecular flexibility index (Phi) is 7.00. The van der Waals surface area contributed by atoms with Gasteiger partial charge in [-0.15, -0.1) is 0 Å². The van der Waals surface area contributed by atoms with Crippen molar-refractivity contribution < 1.29 is 4.39 Å². The highest BCUT2D eigenvalue weighted by molar-refractivity contribution is 7.80. The van der Waals surface area contributed by atoms with Crippen LogP contribution in [0.3, 0.4) is 0 Å². The van der Waals surface area contributed by atoms with E-state index in [4.69, 9.17) is 12.2 Å². The lowest BCUT2D eigenvalue weighted by atomic mass is 9.96. The number of rotatable bonds is 8. The summed E-state index contributed by atoms with van der Waals surface area (Å²) < 4.78 is 15.8. The van der Waals surface area contributed by atoms with Crippen LogP contribution in [0.5, 0.6) is 0 Å². The fourth-order valence-electron chi connectivity index (χ4n) is 5.10. The number of pyridine rings is 1. The third-order valence-corrected chi connectivity index (χ3v) is 7.10. The zero-order valence-corrected chi connectivity index (χ0v) is 21.3. The summed E-state index contributed by atoms with van der Waals surface area (Å²) >= 11 is 5.85. The largest absolute Gasteiger partial charge is 0.385 e. The van der Waals surface area contributed by atoms with Crippen molar-refractivity contribution in [2.24, 2.45) is 0 Å². The first-order chi connectivity index (χ1) is 17.5. The molecule has 3 heterocycles. The van der Waals surface area contributed by atoms with E-state index in [1.54, 1.807) is 0 Å². The summed E-state index contributed by atoms with van der Waals surface area (Å²) in [5, 5.41) is 7.78. The monoisotopic (exact) mass is 499 g/mol. The number of aromatic nitrogens is 2. The van der Waals surface area contributed by atoms with E-state index in [0.29, 0.717) is 0 Å². The summed E-state index contributed by atoms with van der Waals surface area (Å²) in [6, 6.07) is 25.0. The Balaban J connectivity index is 1.45. The molecule has 1 fully saturated rings. The van der Waals surface area contributed by atoms with Crippen LogP contribution in [-0.2, 0) is 0 Å². The van der Waals surface area contributed by atoms with E-state index in [-0.39, 0.29) is 17.9 Å². The number of aryl methyl sites for hydroxylation is 1. The molecule has 184 valence electrons. The first-order valence-corrected chi connectivity index (χ1v) is 12.7. The van der Waals surface area contributed by atoms with Crippen LogP contribution in [0.15, 0.2) is 85.1 Å². The average Bonchev–Trinajstić information content (AvgIpc) is 3.38. The van der Waals surface area contributed by atoms with Gasteiger partial charge in [0.25, 0.3) is 0 Å². The fourth-order valence-corrected chi connectivity index (χ4v) is 5.43. The molecular weight excluding hydrogens is 469 g/mol. The predicted octanol–water partition coefficient (Wildman–Crippen LogP) is 6.10. The van der Waals surface area contributed by atoms with Crippen LogP contribution >= 0.6 is 12.2 Å². The summed E-state index contributed by atoms with van der Waals surface area (Å²) in [6.45, 7) is 5.86. The van der Waals surface area contributed by atoms with Crippen molar-refractivity contribution in [2.45, 2.75) is 32.4 Å². The molecule has 0 amide bonds. The molecule has 5 rings (SSSR count). The molecule has 0 saturated carbocycles. The van der Waals surface area contributed by atoms with Crippen molar-refractivity contribution in [1.82, 2.24) is 19.8 Å². The molecule has 4 aromatic rings. The van der Waals surface area contributed by atoms with Gasteiger partial charge >= 0.3 is 0 Å². The smallest absolute Gasteiger partial charge is 0.170 e. The Bertz CT molecular complexity index is 1320. The van der Waals surface area contributed by atoms with Gasteiger partial charge in [0.1, 0.15) is 5.82 Å². The number of anilines is 1. The van der Waals surface area contributed by atoms with Crippen LogP contribution in [0.25, 0.3) is 5.69 Å². The summed E-state index contributed by atoms with van der Waals surface area (Å²) in [5.74, 6) is -0.239. The van der Waals surface area contributed by atoms with Gasteiger partial charge < -0.3 is 20.1 Å². The third kappa shape index (κ3) is 4.84. The third-order valence-electron chi connectivity index (χ3n) is 6.75. The molecule has 1 aliphatic heterocycles. The molecule has 2 aromatic heterocycles. The van der Waals surface area contributed by atoms with Gasteiger partial charge in [0.2, 0.25) is 0 Å². The summed E-state index contributed by atoms with van der Waals surface area (Å²) in [5.41, 5.74) is 6.42.